The first kappa shape index (κ1) is 13.7. The van der Waals surface area contributed by atoms with Crippen LogP contribution in [0.25, 0.3) is 0 Å². The number of halogens is 1. The van der Waals surface area contributed by atoms with E-state index in [1.807, 2.05) is 0 Å². The molecule has 0 unspecified atom stereocenters. The number of nitrogens with zero attached hydrogens (tertiary/aromatic N) is 1. The van der Waals surface area contributed by atoms with Crippen molar-refractivity contribution >= 4 is 27.6 Å². The van der Waals surface area contributed by atoms with Crippen LogP contribution >= 0.6 is 11.6 Å². The number of esters is 1. The molecule has 0 radical (unpaired) electrons. The second-order valence-corrected chi connectivity index (χ2v) is 5.23. The summed E-state index contributed by atoms with van der Waals surface area (Å²) in [5.41, 5.74) is 0. The highest BCUT2D eigenvalue weighted by molar-refractivity contribution is 7.89. The monoisotopic (exact) mass is 243 g/mol. The minimum Gasteiger partial charge on any atom is -0.469 e. The molecule has 0 atom stereocenters. The maximum Gasteiger partial charge on any atom is 0.306 e. The average Bonchev–Trinajstić information content (AvgIpc) is 2.14. The lowest BCUT2D eigenvalue weighted by atomic mass is 10.5. The molecule has 0 spiro atoms. The Kier molecular flexibility index (Phi) is 6.06. The zero-order valence-electron chi connectivity index (χ0n) is 8.19. The van der Waals surface area contributed by atoms with Gasteiger partial charge in [0.15, 0.2) is 0 Å². The quantitative estimate of drug-likeness (QED) is 0.489. The highest BCUT2D eigenvalue weighted by Crippen LogP contribution is 2.01. The van der Waals surface area contributed by atoms with Crippen molar-refractivity contribution in [2.24, 2.45) is 0 Å². The van der Waals surface area contributed by atoms with Gasteiger partial charge in [-0.3, -0.25) is 4.79 Å². The normalized spacial score (nSPS) is 11.7. The van der Waals surface area contributed by atoms with Gasteiger partial charge in [0.1, 0.15) is 0 Å². The molecular formula is C7H14ClNO4S. The molecule has 84 valence electrons. The lowest BCUT2D eigenvalue weighted by Crippen LogP contribution is -2.31. The van der Waals surface area contributed by atoms with Crippen LogP contribution in [0.15, 0.2) is 0 Å². The van der Waals surface area contributed by atoms with E-state index in [0.29, 0.717) is 0 Å². The van der Waals surface area contributed by atoms with Crippen molar-refractivity contribution in [1.29, 1.82) is 0 Å². The third-order valence-electron chi connectivity index (χ3n) is 1.67. The van der Waals surface area contributed by atoms with Crippen LogP contribution in [0.5, 0.6) is 0 Å². The van der Waals surface area contributed by atoms with Crippen LogP contribution in [-0.2, 0) is 19.6 Å². The van der Waals surface area contributed by atoms with Gasteiger partial charge in [0.05, 0.1) is 19.3 Å². The van der Waals surface area contributed by atoms with E-state index >= 15 is 0 Å². The van der Waals surface area contributed by atoms with Crippen LogP contribution in [-0.4, -0.2) is 51.0 Å². The molecule has 0 saturated carbocycles. The molecule has 0 saturated heterocycles. The van der Waals surface area contributed by atoms with Gasteiger partial charge in [0.25, 0.3) is 0 Å². The van der Waals surface area contributed by atoms with Crippen LogP contribution in [0.3, 0.4) is 0 Å². The van der Waals surface area contributed by atoms with Crippen LogP contribution in [0.4, 0.5) is 0 Å². The van der Waals surface area contributed by atoms with E-state index in [1.165, 1.54) is 14.2 Å². The Bertz CT molecular complexity index is 277. The molecule has 0 rings (SSSR count). The molecule has 0 aliphatic rings. The molecule has 0 fully saturated rings. The van der Waals surface area contributed by atoms with Gasteiger partial charge < -0.3 is 4.74 Å². The van der Waals surface area contributed by atoms with Gasteiger partial charge in [-0.05, 0) is 0 Å². The summed E-state index contributed by atoms with van der Waals surface area (Å²) in [5.74, 6) is -0.547. The van der Waals surface area contributed by atoms with Gasteiger partial charge in [-0.25, -0.2) is 12.7 Å². The fourth-order valence-corrected chi connectivity index (χ4v) is 2.19. The minimum atomic E-state index is -3.38. The van der Waals surface area contributed by atoms with E-state index in [4.69, 9.17) is 11.6 Å². The molecule has 0 amide bonds. The number of hydrogen-bond acceptors (Lipinski definition) is 4. The molecule has 0 aromatic heterocycles. The number of hydrogen-bond donors (Lipinski definition) is 0. The summed E-state index contributed by atoms with van der Waals surface area (Å²) in [6, 6.07) is 0. The number of sulfonamides is 1. The third-order valence-corrected chi connectivity index (χ3v) is 3.69. The Hall–Kier alpha value is -0.330. The standard InChI is InChI=1S/C7H14ClNO4S/c1-9(5-4-8)14(11,12)6-3-7(10)13-2/h3-6H2,1-2H3. The summed E-state index contributed by atoms with van der Waals surface area (Å²) in [6.07, 6.45) is -0.133. The Morgan fingerprint density at radius 3 is 2.50 bits per heavy atom. The smallest absolute Gasteiger partial charge is 0.306 e. The number of rotatable bonds is 6. The van der Waals surface area contributed by atoms with E-state index < -0.39 is 16.0 Å². The Labute approximate surface area is 89.0 Å². The predicted molar refractivity (Wildman–Crippen MR) is 53.8 cm³/mol. The van der Waals surface area contributed by atoms with Crippen molar-refractivity contribution in [3.8, 4) is 0 Å². The number of ether oxygens (including phenoxy) is 1. The maximum atomic E-state index is 11.4. The second kappa shape index (κ2) is 6.21. The molecule has 7 heteroatoms. The molecule has 0 N–H and O–H groups in total. The number of carbonyl (C=O) groups is 1. The summed E-state index contributed by atoms with van der Waals surface area (Å²) in [4.78, 5) is 10.7. The molecular weight excluding hydrogens is 230 g/mol. The zero-order chi connectivity index (χ0) is 11.2. The fraction of sp³-hybridized carbons (Fsp3) is 0.857. The first-order valence-corrected chi connectivity index (χ1v) is 6.15. The van der Waals surface area contributed by atoms with Crippen molar-refractivity contribution in [2.45, 2.75) is 6.42 Å². The Morgan fingerprint density at radius 2 is 2.07 bits per heavy atom. The Morgan fingerprint density at radius 1 is 1.50 bits per heavy atom. The first-order chi connectivity index (χ1) is 6.44. The molecule has 5 nitrogen and oxygen atoms in total. The van der Waals surface area contributed by atoms with Gasteiger partial charge in [0.2, 0.25) is 10.0 Å². The molecule has 0 aliphatic heterocycles. The van der Waals surface area contributed by atoms with Gasteiger partial charge in [0, 0.05) is 19.5 Å². The van der Waals surface area contributed by atoms with E-state index in [0.717, 1.165) is 4.31 Å². The van der Waals surface area contributed by atoms with Crippen molar-refractivity contribution < 1.29 is 17.9 Å². The van der Waals surface area contributed by atoms with Crippen LogP contribution in [0.2, 0.25) is 0 Å². The number of methoxy groups -OCH3 is 1. The summed E-state index contributed by atoms with van der Waals surface area (Å²) in [6.45, 7) is 0.241. The van der Waals surface area contributed by atoms with E-state index in [-0.39, 0.29) is 24.6 Å². The summed E-state index contributed by atoms with van der Waals surface area (Å²) in [5, 5.41) is 0. The second-order valence-electron chi connectivity index (χ2n) is 2.65. The summed E-state index contributed by atoms with van der Waals surface area (Å²) >= 11 is 5.39. The predicted octanol–water partition coefficient (Wildman–Crippen LogP) is 0.0499. The van der Waals surface area contributed by atoms with Gasteiger partial charge >= 0.3 is 5.97 Å². The van der Waals surface area contributed by atoms with Gasteiger partial charge in [-0.15, -0.1) is 11.6 Å². The van der Waals surface area contributed by atoms with Crippen LogP contribution < -0.4 is 0 Å². The SMILES string of the molecule is COC(=O)CCS(=O)(=O)N(C)CCCl. The maximum absolute atomic E-state index is 11.4. The first-order valence-electron chi connectivity index (χ1n) is 4.01. The van der Waals surface area contributed by atoms with Crippen molar-refractivity contribution in [3.63, 3.8) is 0 Å². The molecule has 0 aromatic carbocycles. The van der Waals surface area contributed by atoms with E-state index in [9.17, 15) is 13.2 Å². The van der Waals surface area contributed by atoms with E-state index in [2.05, 4.69) is 4.74 Å². The molecule has 0 aromatic rings. The van der Waals surface area contributed by atoms with Crippen LogP contribution in [0, 0.1) is 0 Å². The lowest BCUT2D eigenvalue weighted by molar-refractivity contribution is -0.140. The molecule has 0 heterocycles. The molecule has 0 bridgehead atoms. The highest BCUT2D eigenvalue weighted by atomic mass is 35.5. The largest absolute Gasteiger partial charge is 0.469 e. The van der Waals surface area contributed by atoms with Crippen molar-refractivity contribution in [1.82, 2.24) is 4.31 Å². The fourth-order valence-electron chi connectivity index (χ4n) is 0.728. The zero-order valence-corrected chi connectivity index (χ0v) is 9.77. The van der Waals surface area contributed by atoms with E-state index in [1.54, 1.807) is 0 Å². The minimum absolute atomic E-state index is 0.133. The Balaban J connectivity index is 4.14. The number of carbonyl (C=O) groups excluding carboxylic acids is 1. The van der Waals surface area contributed by atoms with Gasteiger partial charge in [-0.2, -0.15) is 0 Å². The van der Waals surface area contributed by atoms with Crippen molar-refractivity contribution in [3.05, 3.63) is 0 Å². The lowest BCUT2D eigenvalue weighted by Gasteiger charge is -2.14. The van der Waals surface area contributed by atoms with Gasteiger partial charge in [-0.1, -0.05) is 0 Å². The topological polar surface area (TPSA) is 63.7 Å². The third kappa shape index (κ3) is 4.78. The average molecular weight is 244 g/mol. The van der Waals surface area contributed by atoms with Crippen LogP contribution in [0.1, 0.15) is 6.42 Å². The molecule has 0 aliphatic carbocycles. The summed E-state index contributed by atoms with van der Waals surface area (Å²) < 4.78 is 28.3. The number of alkyl halides is 1. The molecule has 14 heavy (non-hydrogen) atoms. The highest BCUT2D eigenvalue weighted by Gasteiger charge is 2.18. The summed E-state index contributed by atoms with van der Waals surface area (Å²) in [7, 11) is -0.734. The van der Waals surface area contributed by atoms with Crippen molar-refractivity contribution in [2.75, 3.05) is 32.3 Å².